The van der Waals surface area contributed by atoms with Crippen molar-refractivity contribution in [3.8, 4) is 11.1 Å². The van der Waals surface area contributed by atoms with E-state index in [0.29, 0.717) is 16.6 Å². The Morgan fingerprint density at radius 3 is 2.52 bits per heavy atom. The monoisotopic (exact) mass is 455 g/mol. The maximum absolute atomic E-state index is 11.2. The minimum absolute atomic E-state index is 0.176. The summed E-state index contributed by atoms with van der Waals surface area (Å²) < 4.78 is 0. The van der Waals surface area contributed by atoms with Gasteiger partial charge in [-0.3, -0.25) is 0 Å². The molecule has 0 saturated heterocycles. The first kappa shape index (κ1) is 21.8. The number of carboxylic acid groups (broad SMARTS) is 1. The molecule has 0 aromatic heterocycles. The van der Waals surface area contributed by atoms with E-state index in [4.69, 9.17) is 28.3 Å². The first-order valence-electron chi connectivity index (χ1n) is 10.2. The molecule has 160 valence electrons. The van der Waals surface area contributed by atoms with Gasteiger partial charge in [0.25, 0.3) is 0 Å². The quantitative estimate of drug-likeness (QED) is 0.456. The lowest BCUT2D eigenvalue weighted by Gasteiger charge is -2.27. The lowest BCUT2D eigenvalue weighted by molar-refractivity contribution is 0.0697. The average molecular weight is 456 g/mol. The third-order valence-corrected chi connectivity index (χ3v) is 6.38. The van der Waals surface area contributed by atoms with Crippen LogP contribution in [0.5, 0.6) is 0 Å². The number of nitrogens with one attached hydrogen (secondary N) is 1. The zero-order valence-corrected chi connectivity index (χ0v) is 18.3. The van der Waals surface area contributed by atoms with Gasteiger partial charge in [0.05, 0.1) is 11.7 Å². The van der Waals surface area contributed by atoms with E-state index in [0.717, 1.165) is 36.0 Å². The maximum Gasteiger partial charge on any atom is 0.335 e. The Morgan fingerprint density at radius 2 is 1.81 bits per heavy atom. The van der Waals surface area contributed by atoms with Crippen LogP contribution in [-0.2, 0) is 12.8 Å². The van der Waals surface area contributed by atoms with Gasteiger partial charge in [-0.15, -0.1) is 0 Å². The number of carbonyl (C=O) groups is 1. The molecule has 3 N–H and O–H groups in total. The first-order valence-corrected chi connectivity index (χ1v) is 11.0. The Balaban J connectivity index is 1.45. The molecule has 4 nitrogen and oxygen atoms in total. The fraction of sp³-hybridized carbons (Fsp3) is 0.240. The highest BCUT2D eigenvalue weighted by atomic mass is 35.5. The lowest BCUT2D eigenvalue weighted by atomic mass is 9.86. The Labute approximate surface area is 191 Å². The van der Waals surface area contributed by atoms with Crippen LogP contribution in [0.4, 0.5) is 0 Å². The zero-order chi connectivity index (χ0) is 22.0. The molecule has 0 heterocycles. The molecule has 3 aromatic rings. The molecule has 0 bridgehead atoms. The summed E-state index contributed by atoms with van der Waals surface area (Å²) in [6.45, 7) is 0.476. The fourth-order valence-electron chi connectivity index (χ4n) is 4.06. The van der Waals surface area contributed by atoms with Gasteiger partial charge in [0.1, 0.15) is 0 Å². The first-order chi connectivity index (χ1) is 14.9. The molecular weight excluding hydrogens is 433 g/mol. The number of halogens is 2. The number of hydrogen-bond acceptors (Lipinski definition) is 3. The third-order valence-electron chi connectivity index (χ3n) is 5.82. The van der Waals surface area contributed by atoms with E-state index < -0.39 is 12.1 Å². The number of aromatic carboxylic acids is 1. The molecule has 6 heteroatoms. The van der Waals surface area contributed by atoms with Gasteiger partial charge in [-0.1, -0.05) is 59.6 Å². The summed E-state index contributed by atoms with van der Waals surface area (Å²) >= 11 is 12.3. The van der Waals surface area contributed by atoms with E-state index in [1.165, 1.54) is 17.2 Å². The van der Waals surface area contributed by atoms with Gasteiger partial charge >= 0.3 is 5.97 Å². The van der Waals surface area contributed by atoms with Crippen LogP contribution in [0.25, 0.3) is 11.1 Å². The molecule has 2 atom stereocenters. The van der Waals surface area contributed by atoms with Crippen molar-refractivity contribution in [3.63, 3.8) is 0 Å². The van der Waals surface area contributed by atoms with Crippen molar-refractivity contribution in [2.45, 2.75) is 31.4 Å². The van der Waals surface area contributed by atoms with Crippen LogP contribution < -0.4 is 5.32 Å². The van der Waals surface area contributed by atoms with Gasteiger partial charge in [0, 0.05) is 28.2 Å². The van der Waals surface area contributed by atoms with Crippen LogP contribution in [0.3, 0.4) is 0 Å². The fourth-order valence-corrected chi connectivity index (χ4v) is 4.48. The van der Waals surface area contributed by atoms with Crippen LogP contribution in [0.1, 0.15) is 39.6 Å². The molecule has 3 aromatic carbocycles. The predicted octanol–water partition coefficient (Wildman–Crippen LogP) is 5.54. The van der Waals surface area contributed by atoms with Crippen LogP contribution in [0.15, 0.2) is 60.7 Å². The SMILES string of the molecule is O=C(O)c1ccc(-c2ccc3c(c2)C[C@@H](NC[C@H](O)c2ccc(Cl)cc2)CC3)c(Cl)c1. The normalized spacial score (nSPS) is 16.5. The summed E-state index contributed by atoms with van der Waals surface area (Å²) in [4.78, 5) is 11.2. The Bertz CT molecular complexity index is 1100. The van der Waals surface area contributed by atoms with Gasteiger partial charge in [-0.25, -0.2) is 4.79 Å². The van der Waals surface area contributed by atoms with Gasteiger partial charge in [-0.2, -0.15) is 0 Å². The molecule has 0 radical (unpaired) electrons. The molecule has 0 spiro atoms. The third kappa shape index (κ3) is 5.10. The van der Waals surface area contributed by atoms with E-state index in [1.54, 1.807) is 24.3 Å². The number of aliphatic hydroxyl groups excluding tert-OH is 1. The minimum atomic E-state index is -0.992. The number of carboxylic acids is 1. The predicted molar refractivity (Wildman–Crippen MR) is 124 cm³/mol. The Morgan fingerprint density at radius 1 is 1.03 bits per heavy atom. The van der Waals surface area contributed by atoms with Crippen molar-refractivity contribution in [2.75, 3.05) is 6.54 Å². The molecule has 1 aliphatic carbocycles. The highest BCUT2D eigenvalue weighted by Crippen LogP contribution is 2.32. The van der Waals surface area contributed by atoms with Crippen molar-refractivity contribution < 1.29 is 15.0 Å². The van der Waals surface area contributed by atoms with Gasteiger partial charge in [0.2, 0.25) is 0 Å². The van der Waals surface area contributed by atoms with Crippen LogP contribution in [0, 0.1) is 0 Å². The molecule has 0 unspecified atom stereocenters. The van der Waals surface area contributed by atoms with E-state index in [9.17, 15) is 9.90 Å². The number of rotatable bonds is 6. The highest BCUT2D eigenvalue weighted by Gasteiger charge is 2.20. The number of fused-ring (bicyclic) bond motifs is 1. The molecular formula is C25H23Cl2NO3. The second-order valence-corrected chi connectivity index (χ2v) is 8.74. The standard InChI is InChI=1S/C25H23Cl2NO3/c26-20-7-3-16(4-8-20)24(29)14-28-21-9-5-15-1-2-17(11-19(15)12-21)22-10-6-18(25(30)31)13-23(22)27/h1-4,6-8,10-11,13,21,24,28-29H,5,9,12,14H2,(H,30,31)/t21-,24-/m0/s1. The van der Waals surface area contributed by atoms with Crippen molar-refractivity contribution in [3.05, 3.63) is 93.0 Å². The summed E-state index contributed by atoms with van der Waals surface area (Å²) in [5, 5.41) is 24.2. The summed E-state index contributed by atoms with van der Waals surface area (Å²) in [5.41, 5.74) is 5.38. The van der Waals surface area contributed by atoms with Crippen molar-refractivity contribution in [2.24, 2.45) is 0 Å². The number of benzene rings is 3. The summed E-state index contributed by atoms with van der Waals surface area (Å²) in [5.74, 6) is -0.992. The Hall–Kier alpha value is -2.37. The molecule has 0 fully saturated rings. The van der Waals surface area contributed by atoms with Crippen molar-refractivity contribution >= 4 is 29.2 Å². The van der Waals surface area contributed by atoms with E-state index in [1.807, 2.05) is 18.2 Å². The number of aryl methyl sites for hydroxylation is 1. The minimum Gasteiger partial charge on any atom is -0.478 e. The Kier molecular flexibility index (Phi) is 6.63. The highest BCUT2D eigenvalue weighted by molar-refractivity contribution is 6.33. The zero-order valence-electron chi connectivity index (χ0n) is 16.8. The molecule has 0 aliphatic heterocycles. The van der Waals surface area contributed by atoms with Gasteiger partial charge in [0.15, 0.2) is 0 Å². The molecule has 31 heavy (non-hydrogen) atoms. The van der Waals surface area contributed by atoms with Crippen LogP contribution in [-0.4, -0.2) is 28.8 Å². The molecule has 4 rings (SSSR count). The van der Waals surface area contributed by atoms with Gasteiger partial charge < -0.3 is 15.5 Å². The molecule has 1 aliphatic rings. The summed E-state index contributed by atoms with van der Waals surface area (Å²) in [7, 11) is 0. The lowest BCUT2D eigenvalue weighted by Crippen LogP contribution is -2.37. The topological polar surface area (TPSA) is 69.6 Å². The average Bonchev–Trinajstić information content (AvgIpc) is 2.77. The van der Waals surface area contributed by atoms with Gasteiger partial charge in [-0.05, 0) is 65.8 Å². The largest absolute Gasteiger partial charge is 0.478 e. The van der Waals surface area contributed by atoms with E-state index >= 15 is 0 Å². The second-order valence-electron chi connectivity index (χ2n) is 7.90. The van der Waals surface area contributed by atoms with Crippen molar-refractivity contribution in [1.82, 2.24) is 5.32 Å². The summed E-state index contributed by atoms with van der Waals surface area (Å²) in [6.07, 6.45) is 2.25. The molecule has 0 saturated carbocycles. The van der Waals surface area contributed by atoms with Crippen LogP contribution in [0.2, 0.25) is 10.0 Å². The van der Waals surface area contributed by atoms with Crippen LogP contribution >= 0.6 is 23.2 Å². The smallest absolute Gasteiger partial charge is 0.335 e. The second kappa shape index (κ2) is 9.41. The van der Waals surface area contributed by atoms with E-state index in [-0.39, 0.29) is 11.6 Å². The number of aliphatic hydroxyl groups is 1. The number of hydrogen-bond donors (Lipinski definition) is 3. The molecule has 0 amide bonds. The maximum atomic E-state index is 11.2. The summed E-state index contributed by atoms with van der Waals surface area (Å²) in [6, 6.07) is 18.7. The van der Waals surface area contributed by atoms with Crippen molar-refractivity contribution in [1.29, 1.82) is 0 Å². The van der Waals surface area contributed by atoms with E-state index in [2.05, 4.69) is 17.4 Å².